The van der Waals surface area contributed by atoms with Crippen LogP contribution in [0, 0.1) is 0 Å². The Morgan fingerprint density at radius 3 is 2.82 bits per heavy atom. The molecule has 1 fully saturated rings. The maximum absolute atomic E-state index is 6.30. The van der Waals surface area contributed by atoms with E-state index in [4.69, 9.17) is 11.6 Å². The summed E-state index contributed by atoms with van der Waals surface area (Å²) in [6, 6.07) is 15.7. The zero-order valence-corrected chi connectivity index (χ0v) is 13.7. The van der Waals surface area contributed by atoms with Gasteiger partial charge in [0.15, 0.2) is 0 Å². The van der Waals surface area contributed by atoms with Crippen molar-refractivity contribution < 1.29 is 0 Å². The van der Waals surface area contributed by atoms with E-state index < -0.39 is 0 Å². The van der Waals surface area contributed by atoms with Crippen LogP contribution in [0.1, 0.15) is 29.2 Å². The van der Waals surface area contributed by atoms with E-state index in [1.807, 2.05) is 6.07 Å². The third kappa shape index (κ3) is 2.41. The molecule has 2 aliphatic heterocycles. The first-order valence-electron chi connectivity index (χ1n) is 8.04. The van der Waals surface area contributed by atoms with Crippen LogP contribution >= 0.6 is 11.6 Å². The normalized spacial score (nSPS) is 21.4. The van der Waals surface area contributed by atoms with Gasteiger partial charge in [0.2, 0.25) is 0 Å². The number of rotatable bonds is 0. The van der Waals surface area contributed by atoms with Crippen molar-refractivity contribution in [2.24, 2.45) is 0 Å². The number of fused-ring (bicyclic) bond motifs is 5. The fourth-order valence-corrected chi connectivity index (χ4v) is 4.05. The van der Waals surface area contributed by atoms with Gasteiger partial charge in [0, 0.05) is 23.8 Å². The first-order chi connectivity index (χ1) is 10.7. The molecule has 2 aromatic carbocycles. The van der Waals surface area contributed by atoms with Crippen LogP contribution in [-0.4, -0.2) is 31.6 Å². The quantitative estimate of drug-likeness (QED) is 0.722. The summed E-state index contributed by atoms with van der Waals surface area (Å²) in [4.78, 5) is 5.04. The highest BCUT2D eigenvalue weighted by atomic mass is 35.5. The van der Waals surface area contributed by atoms with Gasteiger partial charge in [0.1, 0.15) is 0 Å². The van der Waals surface area contributed by atoms with Crippen molar-refractivity contribution in [3.05, 3.63) is 64.2 Å². The molecule has 0 amide bonds. The molecule has 114 valence electrons. The maximum atomic E-state index is 6.30. The number of halogens is 1. The first-order valence-corrected chi connectivity index (χ1v) is 8.41. The minimum Gasteiger partial charge on any atom is -0.363 e. The molecule has 4 rings (SSSR count). The minimum atomic E-state index is 0.420. The molecule has 22 heavy (non-hydrogen) atoms. The van der Waals surface area contributed by atoms with Crippen LogP contribution < -0.4 is 4.90 Å². The second kappa shape index (κ2) is 5.60. The van der Waals surface area contributed by atoms with Crippen LogP contribution in [0.5, 0.6) is 0 Å². The molecule has 3 heteroatoms. The minimum absolute atomic E-state index is 0.420. The zero-order chi connectivity index (χ0) is 15.1. The third-order valence-electron chi connectivity index (χ3n) is 4.95. The van der Waals surface area contributed by atoms with Gasteiger partial charge in [-0.25, -0.2) is 0 Å². The maximum Gasteiger partial charge on any atom is 0.0672 e. The third-order valence-corrected chi connectivity index (χ3v) is 5.19. The van der Waals surface area contributed by atoms with E-state index >= 15 is 0 Å². The summed E-state index contributed by atoms with van der Waals surface area (Å²) >= 11 is 6.30. The Morgan fingerprint density at radius 1 is 1.05 bits per heavy atom. The summed E-state index contributed by atoms with van der Waals surface area (Å²) in [5.41, 5.74) is 5.64. The van der Waals surface area contributed by atoms with Gasteiger partial charge in [-0.1, -0.05) is 41.9 Å². The first kappa shape index (κ1) is 14.1. The van der Waals surface area contributed by atoms with Crippen LogP contribution in [0.2, 0.25) is 5.02 Å². The molecule has 2 nitrogen and oxygen atoms in total. The molecule has 0 spiro atoms. The van der Waals surface area contributed by atoms with Crippen molar-refractivity contribution in [1.82, 2.24) is 4.90 Å². The number of likely N-dealkylation sites (N-methyl/N-ethyl adjacent to an activating group) is 1. The van der Waals surface area contributed by atoms with E-state index in [0.717, 1.165) is 31.1 Å². The van der Waals surface area contributed by atoms with Crippen LogP contribution in [0.3, 0.4) is 0 Å². The lowest BCUT2D eigenvalue weighted by Crippen LogP contribution is -2.33. The lowest BCUT2D eigenvalue weighted by atomic mass is 9.97. The second-order valence-corrected chi connectivity index (χ2v) is 6.91. The highest BCUT2D eigenvalue weighted by molar-refractivity contribution is 6.30. The molecule has 0 radical (unpaired) electrons. The monoisotopic (exact) mass is 312 g/mol. The van der Waals surface area contributed by atoms with Gasteiger partial charge in [-0.2, -0.15) is 0 Å². The number of nitrogens with zero attached hydrogens (tertiary/aromatic N) is 2. The molecular formula is C19H21ClN2. The van der Waals surface area contributed by atoms with Crippen LogP contribution in [-0.2, 0) is 6.42 Å². The van der Waals surface area contributed by atoms with E-state index in [9.17, 15) is 0 Å². The Kier molecular flexibility index (Phi) is 3.59. The fraction of sp³-hybridized carbons (Fsp3) is 0.368. The van der Waals surface area contributed by atoms with Crippen molar-refractivity contribution in [3.63, 3.8) is 0 Å². The summed E-state index contributed by atoms with van der Waals surface area (Å²) in [5, 5.41) is 0.834. The molecular weight excluding hydrogens is 292 g/mol. The van der Waals surface area contributed by atoms with Gasteiger partial charge in [-0.3, -0.25) is 0 Å². The van der Waals surface area contributed by atoms with Gasteiger partial charge in [0.05, 0.1) is 6.04 Å². The van der Waals surface area contributed by atoms with Gasteiger partial charge in [-0.15, -0.1) is 0 Å². The molecule has 0 aromatic heterocycles. The number of hydrogen-bond donors (Lipinski definition) is 0. The Balaban J connectivity index is 1.91. The van der Waals surface area contributed by atoms with Gasteiger partial charge in [0.25, 0.3) is 0 Å². The Labute approximate surface area is 137 Å². The number of anilines is 1. The van der Waals surface area contributed by atoms with Crippen LogP contribution in [0.15, 0.2) is 42.5 Å². The Hall–Kier alpha value is -1.51. The highest BCUT2D eigenvalue weighted by Gasteiger charge is 2.30. The van der Waals surface area contributed by atoms with Crippen molar-refractivity contribution in [1.29, 1.82) is 0 Å². The van der Waals surface area contributed by atoms with Crippen molar-refractivity contribution in [2.45, 2.75) is 18.9 Å². The average molecular weight is 313 g/mol. The molecule has 0 bridgehead atoms. The summed E-state index contributed by atoms with van der Waals surface area (Å²) in [7, 11) is 2.23. The molecule has 1 unspecified atom stereocenters. The SMILES string of the molecule is CN1CCCN2c3cc(Cl)ccc3Cc3ccccc3C2C1. The Morgan fingerprint density at radius 2 is 1.91 bits per heavy atom. The lowest BCUT2D eigenvalue weighted by molar-refractivity contribution is 0.333. The number of benzene rings is 2. The summed E-state index contributed by atoms with van der Waals surface area (Å²) in [6.07, 6.45) is 2.19. The molecule has 2 aromatic rings. The molecule has 2 aliphatic rings. The second-order valence-electron chi connectivity index (χ2n) is 6.47. The van der Waals surface area contributed by atoms with E-state index in [-0.39, 0.29) is 0 Å². The lowest BCUT2D eigenvalue weighted by Gasteiger charge is -2.33. The van der Waals surface area contributed by atoms with E-state index in [1.54, 1.807) is 0 Å². The predicted octanol–water partition coefficient (Wildman–Crippen LogP) is 4.13. The summed E-state index contributed by atoms with van der Waals surface area (Å²) < 4.78 is 0. The smallest absolute Gasteiger partial charge is 0.0672 e. The van der Waals surface area contributed by atoms with Crippen molar-refractivity contribution >= 4 is 17.3 Å². The standard InChI is InChI=1S/C19H21ClN2/c1-21-9-4-10-22-18-12-16(20)8-7-15(18)11-14-5-2-3-6-17(14)19(22)13-21/h2-3,5-8,12,19H,4,9-11,13H2,1H3. The Bertz CT molecular complexity index is 698. The molecule has 0 aliphatic carbocycles. The average Bonchev–Trinajstić information content (AvgIpc) is 2.77. The van der Waals surface area contributed by atoms with E-state index in [2.05, 4.69) is 53.2 Å². The molecule has 1 atom stereocenters. The van der Waals surface area contributed by atoms with Gasteiger partial charge in [-0.05, 0) is 55.3 Å². The predicted molar refractivity (Wildman–Crippen MR) is 92.9 cm³/mol. The molecule has 2 heterocycles. The topological polar surface area (TPSA) is 6.48 Å². The molecule has 1 saturated heterocycles. The molecule has 0 saturated carbocycles. The molecule has 0 N–H and O–H groups in total. The largest absolute Gasteiger partial charge is 0.363 e. The van der Waals surface area contributed by atoms with E-state index in [0.29, 0.717) is 6.04 Å². The summed E-state index contributed by atoms with van der Waals surface area (Å²) in [6.45, 7) is 3.32. The van der Waals surface area contributed by atoms with Crippen LogP contribution in [0.25, 0.3) is 0 Å². The van der Waals surface area contributed by atoms with Crippen LogP contribution in [0.4, 0.5) is 5.69 Å². The number of hydrogen-bond acceptors (Lipinski definition) is 2. The highest BCUT2D eigenvalue weighted by Crippen LogP contribution is 2.39. The van der Waals surface area contributed by atoms with E-state index in [1.165, 1.54) is 28.8 Å². The zero-order valence-electron chi connectivity index (χ0n) is 12.9. The van der Waals surface area contributed by atoms with Gasteiger partial charge >= 0.3 is 0 Å². The summed E-state index contributed by atoms with van der Waals surface area (Å²) in [5.74, 6) is 0. The van der Waals surface area contributed by atoms with Crippen molar-refractivity contribution in [2.75, 3.05) is 31.6 Å². The van der Waals surface area contributed by atoms with Gasteiger partial charge < -0.3 is 9.80 Å². The van der Waals surface area contributed by atoms with Crippen molar-refractivity contribution in [3.8, 4) is 0 Å². The fourth-order valence-electron chi connectivity index (χ4n) is 3.89.